The van der Waals surface area contributed by atoms with Crippen LogP contribution in [-0.4, -0.2) is 35.9 Å². The summed E-state index contributed by atoms with van der Waals surface area (Å²) < 4.78 is 5.16. The second-order valence-corrected chi connectivity index (χ2v) is 6.62. The Labute approximate surface area is 174 Å². The molecule has 0 aliphatic rings. The normalized spacial score (nSPS) is 11.4. The van der Waals surface area contributed by atoms with E-state index in [9.17, 15) is 9.59 Å². The molecule has 4 N–H and O–H groups in total. The Kier molecular flexibility index (Phi) is 6.26. The van der Waals surface area contributed by atoms with Crippen molar-refractivity contribution in [3.63, 3.8) is 0 Å². The van der Waals surface area contributed by atoms with Crippen molar-refractivity contribution in [1.82, 2.24) is 20.6 Å². The highest BCUT2D eigenvalue weighted by atomic mass is 16.5. The molecule has 1 heterocycles. The Morgan fingerprint density at radius 3 is 2.50 bits per heavy atom. The van der Waals surface area contributed by atoms with Crippen molar-refractivity contribution in [2.45, 2.75) is 13.0 Å². The highest BCUT2D eigenvalue weighted by Crippen LogP contribution is 2.21. The Balaban J connectivity index is 1.81. The summed E-state index contributed by atoms with van der Waals surface area (Å²) in [7, 11) is 3.10. The number of aromatic nitrogens is 2. The van der Waals surface area contributed by atoms with Gasteiger partial charge in [0.1, 0.15) is 5.75 Å². The summed E-state index contributed by atoms with van der Waals surface area (Å²) in [6, 6.07) is 14.3. The minimum Gasteiger partial charge on any atom is -0.497 e. The molecule has 0 bridgehead atoms. The zero-order valence-electron chi connectivity index (χ0n) is 17.0. The maximum absolute atomic E-state index is 12.8. The van der Waals surface area contributed by atoms with Crippen LogP contribution in [0.25, 0.3) is 11.3 Å². The molecule has 2 amide bonds. The molecule has 2 aromatic carbocycles. The maximum atomic E-state index is 12.8. The maximum Gasteiger partial charge on any atom is 0.273 e. The molecule has 0 saturated carbocycles. The van der Waals surface area contributed by atoms with Crippen LogP contribution in [0, 0.1) is 0 Å². The first-order valence-electron chi connectivity index (χ1n) is 9.32. The molecular formula is C22H23N5O3. The van der Waals surface area contributed by atoms with Gasteiger partial charge in [-0.2, -0.15) is 0 Å². The van der Waals surface area contributed by atoms with Gasteiger partial charge in [-0.15, -0.1) is 0 Å². The zero-order chi connectivity index (χ0) is 21.7. The van der Waals surface area contributed by atoms with E-state index in [0.29, 0.717) is 16.8 Å². The fraction of sp³-hybridized carbons (Fsp3) is 0.182. The first kappa shape index (κ1) is 20.8. The Bertz CT molecular complexity index is 1070. The average Bonchev–Trinajstić information content (AvgIpc) is 2.79. The molecule has 0 spiro atoms. The largest absolute Gasteiger partial charge is 0.497 e. The van der Waals surface area contributed by atoms with Crippen LogP contribution in [0.4, 0.5) is 5.82 Å². The number of hydrogen-bond donors (Lipinski definition) is 3. The first-order chi connectivity index (χ1) is 14.4. The predicted octanol–water partition coefficient (Wildman–Crippen LogP) is 2.58. The van der Waals surface area contributed by atoms with Gasteiger partial charge >= 0.3 is 0 Å². The van der Waals surface area contributed by atoms with E-state index in [1.807, 2.05) is 31.2 Å². The smallest absolute Gasteiger partial charge is 0.273 e. The number of hydrogen-bond acceptors (Lipinski definition) is 6. The van der Waals surface area contributed by atoms with Crippen LogP contribution in [0.15, 0.2) is 54.7 Å². The third-order valence-corrected chi connectivity index (χ3v) is 4.63. The lowest BCUT2D eigenvalue weighted by Crippen LogP contribution is -2.26. The van der Waals surface area contributed by atoms with Crippen LogP contribution in [0.2, 0.25) is 0 Å². The lowest BCUT2D eigenvalue weighted by Gasteiger charge is -2.15. The highest BCUT2D eigenvalue weighted by Gasteiger charge is 2.15. The number of carbonyl (C=O) groups is 2. The molecule has 3 aromatic rings. The predicted molar refractivity (Wildman–Crippen MR) is 114 cm³/mol. The van der Waals surface area contributed by atoms with Crippen LogP contribution in [0.5, 0.6) is 5.75 Å². The van der Waals surface area contributed by atoms with Gasteiger partial charge in [0.15, 0.2) is 11.5 Å². The third kappa shape index (κ3) is 4.54. The number of rotatable bonds is 6. The van der Waals surface area contributed by atoms with Gasteiger partial charge < -0.3 is 21.1 Å². The quantitative estimate of drug-likeness (QED) is 0.580. The average molecular weight is 405 g/mol. The SMILES string of the molecule is CNC(=O)c1nc(-c2cccc(C(=O)N[C@H](C)c3ccc(OC)cc3)c2)cnc1N. The van der Waals surface area contributed by atoms with E-state index in [1.165, 1.54) is 13.2 Å². The third-order valence-electron chi connectivity index (χ3n) is 4.63. The van der Waals surface area contributed by atoms with Gasteiger partial charge in [0, 0.05) is 18.2 Å². The van der Waals surface area contributed by atoms with Gasteiger partial charge in [0.05, 0.1) is 25.0 Å². The van der Waals surface area contributed by atoms with Gasteiger partial charge in [-0.05, 0) is 36.8 Å². The molecule has 0 saturated heterocycles. The lowest BCUT2D eigenvalue weighted by atomic mass is 10.1. The molecular weight excluding hydrogens is 382 g/mol. The standard InChI is InChI=1S/C22H23N5O3/c1-13(14-7-9-17(30-3)10-8-14)26-21(28)16-6-4-5-15(11-16)18-12-25-20(23)19(27-18)22(29)24-2/h4-13H,1-3H3,(H2,23,25)(H,24,29)(H,26,28)/t13-/m1/s1. The Morgan fingerprint density at radius 1 is 1.10 bits per heavy atom. The Morgan fingerprint density at radius 2 is 1.83 bits per heavy atom. The molecule has 0 fully saturated rings. The number of nitrogens with two attached hydrogens (primary N) is 1. The molecule has 0 unspecified atom stereocenters. The summed E-state index contributed by atoms with van der Waals surface area (Å²) in [6.07, 6.45) is 1.47. The molecule has 8 heteroatoms. The summed E-state index contributed by atoms with van der Waals surface area (Å²) in [5.41, 5.74) is 8.30. The lowest BCUT2D eigenvalue weighted by molar-refractivity contribution is 0.0936. The van der Waals surface area contributed by atoms with Crippen molar-refractivity contribution in [3.8, 4) is 17.0 Å². The molecule has 8 nitrogen and oxygen atoms in total. The highest BCUT2D eigenvalue weighted by molar-refractivity contribution is 5.97. The van der Waals surface area contributed by atoms with Crippen molar-refractivity contribution in [1.29, 1.82) is 0 Å². The number of methoxy groups -OCH3 is 1. The van der Waals surface area contributed by atoms with E-state index in [4.69, 9.17) is 10.5 Å². The zero-order valence-corrected chi connectivity index (χ0v) is 17.0. The summed E-state index contributed by atoms with van der Waals surface area (Å²) in [6.45, 7) is 1.91. The van der Waals surface area contributed by atoms with Crippen molar-refractivity contribution in [3.05, 3.63) is 71.5 Å². The molecule has 3 rings (SSSR count). The van der Waals surface area contributed by atoms with Crippen LogP contribution in [0.3, 0.4) is 0 Å². The minimum absolute atomic E-state index is 0.0398. The van der Waals surface area contributed by atoms with Gasteiger partial charge in [-0.3, -0.25) is 9.59 Å². The van der Waals surface area contributed by atoms with Crippen molar-refractivity contribution >= 4 is 17.6 Å². The van der Waals surface area contributed by atoms with Crippen LogP contribution >= 0.6 is 0 Å². The van der Waals surface area contributed by atoms with E-state index in [-0.39, 0.29) is 23.5 Å². The fourth-order valence-electron chi connectivity index (χ4n) is 2.90. The van der Waals surface area contributed by atoms with Gasteiger partial charge in [0.25, 0.3) is 11.8 Å². The number of nitrogens with zero attached hydrogens (tertiary/aromatic N) is 2. The number of nitrogens with one attached hydrogen (secondary N) is 2. The van der Waals surface area contributed by atoms with Crippen LogP contribution < -0.4 is 21.1 Å². The molecule has 0 aliphatic heterocycles. The van der Waals surface area contributed by atoms with Gasteiger partial charge in [-0.25, -0.2) is 9.97 Å². The van der Waals surface area contributed by atoms with Crippen molar-refractivity contribution in [2.24, 2.45) is 0 Å². The van der Waals surface area contributed by atoms with Crippen molar-refractivity contribution in [2.75, 3.05) is 19.9 Å². The van der Waals surface area contributed by atoms with E-state index in [2.05, 4.69) is 20.6 Å². The molecule has 154 valence electrons. The number of amides is 2. The number of nitrogen functional groups attached to an aromatic ring is 1. The number of carbonyl (C=O) groups excluding carboxylic acids is 2. The number of benzene rings is 2. The molecule has 0 aliphatic carbocycles. The van der Waals surface area contributed by atoms with E-state index in [1.54, 1.807) is 31.4 Å². The minimum atomic E-state index is -0.427. The molecule has 0 radical (unpaired) electrons. The summed E-state index contributed by atoms with van der Waals surface area (Å²) >= 11 is 0. The van der Waals surface area contributed by atoms with Gasteiger partial charge in [-0.1, -0.05) is 24.3 Å². The van der Waals surface area contributed by atoms with E-state index in [0.717, 1.165) is 11.3 Å². The van der Waals surface area contributed by atoms with Crippen molar-refractivity contribution < 1.29 is 14.3 Å². The topological polar surface area (TPSA) is 119 Å². The molecule has 30 heavy (non-hydrogen) atoms. The first-order valence-corrected chi connectivity index (χ1v) is 9.32. The van der Waals surface area contributed by atoms with Crippen LogP contribution in [0.1, 0.15) is 39.4 Å². The van der Waals surface area contributed by atoms with Gasteiger partial charge in [0.2, 0.25) is 0 Å². The Hall–Kier alpha value is -3.94. The van der Waals surface area contributed by atoms with E-state index >= 15 is 0 Å². The molecule has 1 atom stereocenters. The summed E-state index contributed by atoms with van der Waals surface area (Å²) in [5, 5.41) is 5.46. The monoisotopic (exact) mass is 405 g/mol. The fourth-order valence-corrected chi connectivity index (χ4v) is 2.90. The molecule has 1 aromatic heterocycles. The second kappa shape index (κ2) is 9.04. The van der Waals surface area contributed by atoms with Crippen LogP contribution in [-0.2, 0) is 0 Å². The van der Waals surface area contributed by atoms with E-state index < -0.39 is 5.91 Å². The number of anilines is 1. The summed E-state index contributed by atoms with van der Waals surface area (Å²) in [5.74, 6) is 0.144. The number of ether oxygens (including phenoxy) is 1. The second-order valence-electron chi connectivity index (χ2n) is 6.62. The summed E-state index contributed by atoms with van der Waals surface area (Å²) in [4.78, 5) is 33.0.